The second kappa shape index (κ2) is 6.23. The fourth-order valence-corrected chi connectivity index (χ4v) is 2.86. The van der Waals surface area contributed by atoms with Gasteiger partial charge in [0.2, 0.25) is 0 Å². The van der Waals surface area contributed by atoms with Crippen LogP contribution in [0.25, 0.3) is 11.0 Å². The summed E-state index contributed by atoms with van der Waals surface area (Å²) in [5, 5.41) is 0. The quantitative estimate of drug-likeness (QED) is 0.611. The van der Waals surface area contributed by atoms with Crippen LogP contribution in [0.1, 0.15) is 44.6 Å². The first kappa shape index (κ1) is 16.4. The van der Waals surface area contributed by atoms with E-state index in [1.807, 2.05) is 31.5 Å². The second-order valence-corrected chi connectivity index (χ2v) is 7.22. The summed E-state index contributed by atoms with van der Waals surface area (Å²) < 4.78 is 2.08. The molecule has 124 valence electrons. The van der Waals surface area contributed by atoms with Gasteiger partial charge >= 0.3 is 0 Å². The Balaban J connectivity index is 2.02. The summed E-state index contributed by atoms with van der Waals surface area (Å²) in [7, 11) is 2.03. The molecule has 0 unspecified atom stereocenters. The van der Waals surface area contributed by atoms with Crippen molar-refractivity contribution in [2.45, 2.75) is 39.5 Å². The predicted octanol–water partition coefficient (Wildman–Crippen LogP) is 5.18. The summed E-state index contributed by atoms with van der Waals surface area (Å²) in [5.41, 5.74) is 5.85. The van der Waals surface area contributed by atoms with Gasteiger partial charge in [0.05, 0.1) is 22.9 Å². The minimum atomic E-state index is 0.119. The third-order valence-corrected chi connectivity index (χ3v) is 4.47. The fraction of sp³-hybridized carbons (Fsp3) is 0.333. The molecule has 3 rings (SSSR count). The van der Waals surface area contributed by atoms with E-state index in [2.05, 4.69) is 61.5 Å². The summed E-state index contributed by atoms with van der Waals surface area (Å²) in [6, 6.07) is 14.8. The number of fused-ring (bicyclic) bond motifs is 1. The van der Waals surface area contributed by atoms with E-state index in [4.69, 9.17) is 4.99 Å². The van der Waals surface area contributed by atoms with Crippen LogP contribution >= 0.6 is 0 Å². The normalized spacial score (nSPS) is 12.4. The van der Waals surface area contributed by atoms with Crippen molar-refractivity contribution in [3.05, 3.63) is 59.4 Å². The number of aryl methyl sites for hydroxylation is 2. The number of hydrogen-bond donors (Lipinski definition) is 0. The third kappa shape index (κ3) is 3.12. The molecule has 0 spiro atoms. The van der Waals surface area contributed by atoms with Crippen molar-refractivity contribution in [2.75, 3.05) is 0 Å². The van der Waals surface area contributed by atoms with Crippen molar-refractivity contribution in [2.24, 2.45) is 12.0 Å². The molecule has 0 atom stereocenters. The van der Waals surface area contributed by atoms with Gasteiger partial charge in [-0.3, -0.25) is 4.99 Å². The maximum absolute atomic E-state index is 4.77. The van der Waals surface area contributed by atoms with Crippen LogP contribution < -0.4 is 0 Å². The van der Waals surface area contributed by atoms with E-state index < -0.39 is 0 Å². The van der Waals surface area contributed by atoms with E-state index in [1.54, 1.807) is 0 Å². The first-order valence-corrected chi connectivity index (χ1v) is 8.49. The number of aromatic nitrogens is 2. The molecular formula is C21H25N3. The first-order valence-electron chi connectivity index (χ1n) is 8.49. The zero-order chi connectivity index (χ0) is 17.3. The lowest BCUT2D eigenvalue weighted by atomic mass is 9.86. The molecule has 3 nitrogen and oxygen atoms in total. The number of nitrogens with zero attached hydrogens (tertiary/aromatic N) is 3. The first-order chi connectivity index (χ1) is 11.4. The molecule has 0 radical (unpaired) electrons. The van der Waals surface area contributed by atoms with Crippen LogP contribution in [0.5, 0.6) is 0 Å². The molecule has 0 aliphatic heterocycles. The van der Waals surface area contributed by atoms with Crippen molar-refractivity contribution in [1.29, 1.82) is 0 Å². The molecule has 2 aromatic carbocycles. The molecule has 24 heavy (non-hydrogen) atoms. The Morgan fingerprint density at radius 3 is 2.54 bits per heavy atom. The van der Waals surface area contributed by atoms with E-state index >= 15 is 0 Å². The smallest absolute Gasteiger partial charge is 0.152 e. The Morgan fingerprint density at radius 2 is 1.88 bits per heavy atom. The van der Waals surface area contributed by atoms with Crippen LogP contribution in [-0.4, -0.2) is 15.8 Å². The number of rotatable bonds is 3. The molecule has 0 aliphatic rings. The molecule has 0 saturated heterocycles. The van der Waals surface area contributed by atoms with E-state index in [9.17, 15) is 0 Å². The van der Waals surface area contributed by atoms with E-state index in [-0.39, 0.29) is 5.41 Å². The number of benzene rings is 2. The molecule has 0 amide bonds. The van der Waals surface area contributed by atoms with E-state index in [1.165, 1.54) is 11.1 Å². The summed E-state index contributed by atoms with van der Waals surface area (Å²) >= 11 is 0. The van der Waals surface area contributed by atoms with Gasteiger partial charge in [-0.05, 0) is 41.2 Å². The molecule has 3 aromatic rings. The summed E-state index contributed by atoms with van der Waals surface area (Å²) in [4.78, 5) is 9.44. The Morgan fingerprint density at radius 1 is 1.12 bits per heavy atom. The van der Waals surface area contributed by atoms with Crippen LogP contribution in [0, 0.1) is 0 Å². The number of hydrogen-bond acceptors (Lipinski definition) is 2. The Bertz CT molecular complexity index is 895. The minimum absolute atomic E-state index is 0.119. The average molecular weight is 319 g/mol. The van der Waals surface area contributed by atoms with E-state index in [0.29, 0.717) is 0 Å². The summed E-state index contributed by atoms with van der Waals surface area (Å²) in [5.74, 6) is 0.874. The van der Waals surface area contributed by atoms with Crippen molar-refractivity contribution >= 4 is 22.9 Å². The lowest BCUT2D eigenvalue weighted by Gasteiger charge is -2.20. The van der Waals surface area contributed by atoms with Gasteiger partial charge < -0.3 is 4.57 Å². The molecule has 3 heteroatoms. The standard InChI is InChI=1S/C21H25N3/c1-6-15-11-12-16(21(2,3)4)13-18(15)22-14-20-23-17-9-7-8-10-19(17)24(20)5/h7-14H,6H2,1-5H3. The van der Waals surface area contributed by atoms with Crippen LogP contribution in [-0.2, 0) is 18.9 Å². The highest BCUT2D eigenvalue weighted by Gasteiger charge is 2.15. The summed E-state index contributed by atoms with van der Waals surface area (Å²) in [6.45, 7) is 8.85. The van der Waals surface area contributed by atoms with Crippen molar-refractivity contribution in [3.63, 3.8) is 0 Å². The molecular weight excluding hydrogens is 294 g/mol. The molecule has 0 bridgehead atoms. The molecule has 0 aliphatic carbocycles. The molecule has 0 N–H and O–H groups in total. The fourth-order valence-electron chi connectivity index (χ4n) is 2.86. The topological polar surface area (TPSA) is 30.2 Å². The highest BCUT2D eigenvalue weighted by Crippen LogP contribution is 2.29. The van der Waals surface area contributed by atoms with Gasteiger partial charge in [-0.25, -0.2) is 4.98 Å². The van der Waals surface area contributed by atoms with Gasteiger partial charge in [-0.2, -0.15) is 0 Å². The average Bonchev–Trinajstić information content (AvgIpc) is 2.88. The number of aliphatic imine (C=N–C) groups is 1. The van der Waals surface area contributed by atoms with Gasteiger partial charge in [0.25, 0.3) is 0 Å². The van der Waals surface area contributed by atoms with Gasteiger partial charge in [0, 0.05) is 7.05 Å². The monoisotopic (exact) mass is 319 g/mol. The van der Waals surface area contributed by atoms with Crippen LogP contribution in [0.4, 0.5) is 5.69 Å². The van der Waals surface area contributed by atoms with Gasteiger partial charge in [-0.15, -0.1) is 0 Å². The lowest BCUT2D eigenvalue weighted by molar-refractivity contribution is 0.590. The molecule has 1 aromatic heterocycles. The molecule has 0 fully saturated rings. The zero-order valence-electron chi connectivity index (χ0n) is 15.2. The van der Waals surface area contributed by atoms with Crippen LogP contribution in [0.15, 0.2) is 47.5 Å². The van der Waals surface area contributed by atoms with E-state index in [0.717, 1.165) is 29.0 Å². The Labute approximate surface area is 144 Å². The summed E-state index contributed by atoms with van der Waals surface area (Å²) in [6.07, 6.45) is 2.85. The number of imidazole rings is 1. The van der Waals surface area contributed by atoms with Crippen molar-refractivity contribution in [1.82, 2.24) is 9.55 Å². The molecule has 0 saturated carbocycles. The largest absolute Gasteiger partial charge is 0.326 e. The minimum Gasteiger partial charge on any atom is -0.326 e. The van der Waals surface area contributed by atoms with Crippen molar-refractivity contribution in [3.8, 4) is 0 Å². The second-order valence-electron chi connectivity index (χ2n) is 7.22. The highest BCUT2D eigenvalue weighted by molar-refractivity contribution is 5.86. The highest BCUT2D eigenvalue weighted by atomic mass is 15.1. The number of para-hydroxylation sites is 2. The third-order valence-electron chi connectivity index (χ3n) is 4.47. The van der Waals surface area contributed by atoms with Gasteiger partial charge in [0.15, 0.2) is 5.82 Å². The SMILES string of the molecule is CCc1ccc(C(C)(C)C)cc1N=Cc1nc2ccccc2n1C. The van der Waals surface area contributed by atoms with Crippen molar-refractivity contribution < 1.29 is 0 Å². The Hall–Kier alpha value is -2.42. The Kier molecular flexibility index (Phi) is 4.27. The lowest BCUT2D eigenvalue weighted by Crippen LogP contribution is -2.10. The van der Waals surface area contributed by atoms with Gasteiger partial charge in [0.1, 0.15) is 0 Å². The maximum atomic E-state index is 4.77. The predicted molar refractivity (Wildman–Crippen MR) is 102 cm³/mol. The van der Waals surface area contributed by atoms with Crippen LogP contribution in [0.3, 0.4) is 0 Å². The maximum Gasteiger partial charge on any atom is 0.152 e. The van der Waals surface area contributed by atoms with Gasteiger partial charge in [-0.1, -0.05) is 52.0 Å². The molecule has 1 heterocycles. The zero-order valence-corrected chi connectivity index (χ0v) is 15.2. The van der Waals surface area contributed by atoms with Crippen LogP contribution in [0.2, 0.25) is 0 Å².